The second-order valence-electron chi connectivity index (χ2n) is 6.13. The van der Waals surface area contributed by atoms with Crippen LogP contribution in [0.4, 0.5) is 0 Å². The lowest BCUT2D eigenvalue weighted by Gasteiger charge is -2.33. The molecule has 0 spiro atoms. The van der Waals surface area contributed by atoms with Crippen molar-refractivity contribution in [2.75, 3.05) is 44.3 Å². The zero-order valence-electron chi connectivity index (χ0n) is 13.2. The van der Waals surface area contributed by atoms with Crippen molar-refractivity contribution in [3.05, 3.63) is 0 Å². The molecule has 2 atom stereocenters. The Bertz CT molecular complexity index is 335. The Morgan fingerprint density at radius 3 is 2.71 bits per heavy atom. The Hall–Kier alpha value is -0.300. The van der Waals surface area contributed by atoms with Crippen molar-refractivity contribution in [3.8, 4) is 0 Å². The van der Waals surface area contributed by atoms with Crippen molar-refractivity contribution in [1.29, 1.82) is 0 Å². The third-order valence-corrected chi connectivity index (χ3v) is 4.98. The Labute approximate surface area is 132 Å². The van der Waals surface area contributed by atoms with Crippen molar-refractivity contribution in [3.63, 3.8) is 0 Å². The summed E-state index contributed by atoms with van der Waals surface area (Å²) in [6, 6.07) is -0.0400. The molecule has 2 rings (SSSR count). The summed E-state index contributed by atoms with van der Waals surface area (Å²) in [6.07, 6.45) is 1.57. The van der Waals surface area contributed by atoms with Gasteiger partial charge < -0.3 is 14.7 Å². The van der Waals surface area contributed by atoms with E-state index in [0.29, 0.717) is 13.2 Å². The van der Waals surface area contributed by atoms with E-state index < -0.39 is 6.10 Å². The molecule has 0 unspecified atom stereocenters. The van der Waals surface area contributed by atoms with E-state index in [1.54, 1.807) is 0 Å². The molecule has 6 heteroatoms. The van der Waals surface area contributed by atoms with E-state index in [-0.39, 0.29) is 18.1 Å². The molecule has 2 fully saturated rings. The summed E-state index contributed by atoms with van der Waals surface area (Å²) >= 11 is 1.92. The lowest BCUT2D eigenvalue weighted by Crippen LogP contribution is -2.50. The molecule has 0 radical (unpaired) electrons. The molecular formula is C15H28N2O3S. The number of likely N-dealkylation sites (tertiary alicyclic amines) is 1. The van der Waals surface area contributed by atoms with Crippen molar-refractivity contribution >= 4 is 17.7 Å². The van der Waals surface area contributed by atoms with Crippen molar-refractivity contribution in [2.24, 2.45) is 0 Å². The van der Waals surface area contributed by atoms with Crippen LogP contribution in [0.2, 0.25) is 0 Å². The summed E-state index contributed by atoms with van der Waals surface area (Å²) < 4.78 is 5.45. The number of carbonyl (C=O) groups is 1. The lowest BCUT2D eigenvalue weighted by atomic mass is 10.2. The number of amides is 1. The average molecular weight is 316 g/mol. The van der Waals surface area contributed by atoms with E-state index in [9.17, 15) is 9.90 Å². The highest BCUT2D eigenvalue weighted by Crippen LogP contribution is 2.21. The van der Waals surface area contributed by atoms with Crippen LogP contribution in [0.15, 0.2) is 0 Å². The fourth-order valence-corrected chi connectivity index (χ4v) is 3.85. The molecule has 0 aromatic rings. The van der Waals surface area contributed by atoms with E-state index in [0.717, 1.165) is 44.0 Å². The van der Waals surface area contributed by atoms with Gasteiger partial charge in [0.05, 0.1) is 24.9 Å². The van der Waals surface area contributed by atoms with Gasteiger partial charge in [-0.2, -0.15) is 11.8 Å². The molecule has 1 N–H and O–H groups in total. The first-order chi connectivity index (χ1) is 10.1. The SMILES string of the molecule is CC(C)OC[C@H](O)CN1CCC[C@H]1C(=O)N1CCSCC1. The number of β-amino-alcohol motifs (C(OH)–C–C–N with tert-alkyl or cyclic N) is 1. The summed E-state index contributed by atoms with van der Waals surface area (Å²) in [5, 5.41) is 10.1. The number of carbonyl (C=O) groups excluding carboxylic acids is 1. The highest BCUT2D eigenvalue weighted by Gasteiger charge is 2.34. The summed E-state index contributed by atoms with van der Waals surface area (Å²) in [7, 11) is 0. The number of hydrogen-bond donors (Lipinski definition) is 1. The quantitative estimate of drug-likeness (QED) is 0.786. The van der Waals surface area contributed by atoms with E-state index in [1.165, 1.54) is 0 Å². The highest BCUT2D eigenvalue weighted by molar-refractivity contribution is 7.99. The van der Waals surface area contributed by atoms with Crippen LogP contribution in [-0.2, 0) is 9.53 Å². The summed E-state index contributed by atoms with van der Waals surface area (Å²) in [5.41, 5.74) is 0. The fraction of sp³-hybridized carbons (Fsp3) is 0.933. The Morgan fingerprint density at radius 1 is 1.33 bits per heavy atom. The molecule has 5 nitrogen and oxygen atoms in total. The molecule has 2 aliphatic heterocycles. The predicted octanol–water partition coefficient (Wildman–Crippen LogP) is 0.812. The first-order valence-electron chi connectivity index (χ1n) is 7.98. The Kier molecular flexibility index (Phi) is 6.79. The van der Waals surface area contributed by atoms with Crippen LogP contribution in [0, 0.1) is 0 Å². The van der Waals surface area contributed by atoms with Gasteiger partial charge in [0.25, 0.3) is 0 Å². The average Bonchev–Trinajstić information content (AvgIpc) is 2.93. The second-order valence-corrected chi connectivity index (χ2v) is 7.35. The molecule has 1 amide bonds. The van der Waals surface area contributed by atoms with Gasteiger partial charge in [-0.25, -0.2) is 0 Å². The van der Waals surface area contributed by atoms with Crippen LogP contribution in [-0.4, -0.2) is 83.4 Å². The normalized spacial score (nSPS) is 25.5. The summed E-state index contributed by atoms with van der Waals surface area (Å²) in [6.45, 7) is 7.44. The first-order valence-corrected chi connectivity index (χ1v) is 9.13. The van der Waals surface area contributed by atoms with Gasteiger partial charge in [-0.15, -0.1) is 0 Å². The minimum Gasteiger partial charge on any atom is -0.389 e. The van der Waals surface area contributed by atoms with Gasteiger partial charge in [0.2, 0.25) is 5.91 Å². The lowest BCUT2D eigenvalue weighted by molar-refractivity contribution is -0.136. The molecule has 0 aromatic carbocycles. The fourth-order valence-electron chi connectivity index (χ4n) is 2.95. The van der Waals surface area contributed by atoms with Crippen LogP contribution in [0.5, 0.6) is 0 Å². The van der Waals surface area contributed by atoms with E-state index in [4.69, 9.17) is 4.74 Å². The van der Waals surface area contributed by atoms with Crippen LogP contribution in [0.25, 0.3) is 0 Å². The topological polar surface area (TPSA) is 53.0 Å². The van der Waals surface area contributed by atoms with Crippen molar-refractivity contribution in [1.82, 2.24) is 9.80 Å². The molecule has 0 saturated carbocycles. The van der Waals surface area contributed by atoms with E-state index in [1.807, 2.05) is 30.5 Å². The maximum atomic E-state index is 12.6. The van der Waals surface area contributed by atoms with Gasteiger partial charge in [-0.05, 0) is 33.2 Å². The largest absolute Gasteiger partial charge is 0.389 e. The van der Waals surface area contributed by atoms with Gasteiger partial charge in [-0.3, -0.25) is 9.69 Å². The molecule has 2 aliphatic rings. The number of aliphatic hydroxyl groups is 1. The van der Waals surface area contributed by atoms with Crippen LogP contribution in [0.1, 0.15) is 26.7 Å². The Balaban J connectivity index is 1.83. The van der Waals surface area contributed by atoms with Gasteiger partial charge in [0, 0.05) is 31.1 Å². The minimum absolute atomic E-state index is 0.0400. The molecule has 2 saturated heterocycles. The monoisotopic (exact) mass is 316 g/mol. The molecule has 122 valence electrons. The second kappa shape index (κ2) is 8.36. The summed E-state index contributed by atoms with van der Waals surface area (Å²) in [5.74, 6) is 2.34. The van der Waals surface area contributed by atoms with Crippen LogP contribution in [0.3, 0.4) is 0 Å². The Morgan fingerprint density at radius 2 is 2.05 bits per heavy atom. The zero-order chi connectivity index (χ0) is 15.2. The number of rotatable bonds is 6. The van der Waals surface area contributed by atoms with Gasteiger partial charge in [-0.1, -0.05) is 0 Å². The maximum absolute atomic E-state index is 12.6. The number of thioether (sulfide) groups is 1. The zero-order valence-corrected chi connectivity index (χ0v) is 14.0. The molecule has 0 aliphatic carbocycles. The molecule has 0 bridgehead atoms. The van der Waals surface area contributed by atoms with Crippen LogP contribution < -0.4 is 0 Å². The standard InChI is InChI=1S/C15H28N2O3S/c1-12(2)20-11-13(18)10-17-5-3-4-14(17)15(19)16-6-8-21-9-7-16/h12-14,18H,3-11H2,1-2H3/t13-,14+/m1/s1. The van der Waals surface area contributed by atoms with Crippen molar-refractivity contribution in [2.45, 2.75) is 44.9 Å². The number of ether oxygens (including phenoxy) is 1. The van der Waals surface area contributed by atoms with Gasteiger partial charge in [0.1, 0.15) is 0 Å². The third-order valence-electron chi connectivity index (χ3n) is 4.04. The highest BCUT2D eigenvalue weighted by atomic mass is 32.2. The van der Waals surface area contributed by atoms with Gasteiger partial charge >= 0.3 is 0 Å². The molecule has 21 heavy (non-hydrogen) atoms. The molecule has 2 heterocycles. The van der Waals surface area contributed by atoms with Crippen molar-refractivity contribution < 1.29 is 14.6 Å². The van der Waals surface area contributed by atoms with E-state index in [2.05, 4.69) is 4.90 Å². The predicted molar refractivity (Wildman–Crippen MR) is 85.6 cm³/mol. The van der Waals surface area contributed by atoms with Crippen LogP contribution >= 0.6 is 11.8 Å². The molecular weight excluding hydrogens is 288 g/mol. The minimum atomic E-state index is -0.516. The summed E-state index contributed by atoms with van der Waals surface area (Å²) in [4.78, 5) is 16.8. The number of aliphatic hydroxyl groups excluding tert-OH is 1. The molecule has 0 aromatic heterocycles. The maximum Gasteiger partial charge on any atom is 0.239 e. The van der Waals surface area contributed by atoms with E-state index >= 15 is 0 Å². The number of nitrogens with zero attached hydrogens (tertiary/aromatic N) is 2. The number of hydrogen-bond acceptors (Lipinski definition) is 5. The smallest absolute Gasteiger partial charge is 0.239 e. The first kappa shape index (κ1) is 17.1. The third kappa shape index (κ3) is 5.13. The van der Waals surface area contributed by atoms with Gasteiger partial charge in [0.15, 0.2) is 0 Å².